The highest BCUT2D eigenvalue weighted by Gasteiger charge is 2.19. The molecule has 1 aliphatic heterocycles. The lowest BCUT2D eigenvalue weighted by molar-refractivity contribution is -0.129. The van der Waals surface area contributed by atoms with E-state index in [9.17, 15) is 9.59 Å². The molecule has 1 aliphatic rings. The van der Waals surface area contributed by atoms with E-state index in [4.69, 9.17) is 0 Å². The van der Waals surface area contributed by atoms with E-state index in [2.05, 4.69) is 10.6 Å². The molecule has 5 nitrogen and oxygen atoms in total. The maximum absolute atomic E-state index is 11.6. The van der Waals surface area contributed by atoms with Gasteiger partial charge in [-0.2, -0.15) is 0 Å². The first-order chi connectivity index (χ1) is 7.38. The second-order valence-corrected chi connectivity index (χ2v) is 5.15. The lowest BCUT2D eigenvalue weighted by Crippen LogP contribution is -2.49. The summed E-state index contributed by atoms with van der Waals surface area (Å²) in [4.78, 5) is 24.8. The first kappa shape index (κ1) is 12.8. The van der Waals surface area contributed by atoms with Gasteiger partial charge in [-0.1, -0.05) is 0 Å². The number of amides is 3. The van der Waals surface area contributed by atoms with E-state index in [0.717, 1.165) is 25.9 Å². The molecule has 0 saturated carbocycles. The van der Waals surface area contributed by atoms with Crippen LogP contribution in [0.1, 0.15) is 33.6 Å². The van der Waals surface area contributed by atoms with Crippen LogP contribution in [0.5, 0.6) is 0 Å². The third-order valence-corrected chi connectivity index (χ3v) is 2.35. The molecule has 0 spiro atoms. The molecule has 1 rings (SSSR count). The van der Waals surface area contributed by atoms with Crippen LogP contribution < -0.4 is 10.6 Å². The van der Waals surface area contributed by atoms with E-state index in [1.807, 2.05) is 20.8 Å². The van der Waals surface area contributed by atoms with Crippen LogP contribution in [0.3, 0.4) is 0 Å². The number of urea groups is 1. The van der Waals surface area contributed by atoms with Gasteiger partial charge in [-0.05, 0) is 33.6 Å². The van der Waals surface area contributed by atoms with Gasteiger partial charge in [-0.15, -0.1) is 0 Å². The van der Waals surface area contributed by atoms with E-state index < -0.39 is 0 Å². The maximum atomic E-state index is 11.6. The van der Waals surface area contributed by atoms with Crippen molar-refractivity contribution in [2.24, 2.45) is 0 Å². The number of carbonyl (C=O) groups is 2. The number of hydrogen-bond acceptors (Lipinski definition) is 2. The molecule has 0 aromatic heterocycles. The first-order valence-corrected chi connectivity index (χ1v) is 5.72. The minimum Gasteiger partial charge on any atom is -0.341 e. The second kappa shape index (κ2) is 5.18. The highest BCUT2D eigenvalue weighted by molar-refractivity contribution is 5.84. The minimum absolute atomic E-state index is 0.00144. The Morgan fingerprint density at radius 2 is 1.75 bits per heavy atom. The van der Waals surface area contributed by atoms with Gasteiger partial charge in [0.25, 0.3) is 0 Å². The topological polar surface area (TPSA) is 61.4 Å². The molecule has 0 aromatic carbocycles. The molecule has 16 heavy (non-hydrogen) atoms. The molecular weight excluding hydrogens is 206 g/mol. The van der Waals surface area contributed by atoms with Crippen molar-refractivity contribution < 1.29 is 9.59 Å². The van der Waals surface area contributed by atoms with Gasteiger partial charge < -0.3 is 15.5 Å². The standard InChI is InChI=1S/C11H21N3O2/c1-11(2,3)13-10(16)12-8-9(15)14-6-4-5-7-14/h4-8H2,1-3H3,(H2,12,13,16). The van der Waals surface area contributed by atoms with E-state index in [1.165, 1.54) is 0 Å². The molecule has 5 heteroatoms. The lowest BCUT2D eigenvalue weighted by atomic mass is 10.1. The van der Waals surface area contributed by atoms with Gasteiger partial charge in [0.05, 0.1) is 6.54 Å². The number of nitrogens with one attached hydrogen (secondary N) is 2. The van der Waals surface area contributed by atoms with Gasteiger partial charge in [0.1, 0.15) is 0 Å². The number of carbonyl (C=O) groups excluding carboxylic acids is 2. The summed E-state index contributed by atoms with van der Waals surface area (Å²) in [6.07, 6.45) is 2.14. The summed E-state index contributed by atoms with van der Waals surface area (Å²) in [6.45, 7) is 7.42. The second-order valence-electron chi connectivity index (χ2n) is 5.15. The molecule has 0 unspecified atom stereocenters. The van der Waals surface area contributed by atoms with E-state index in [0.29, 0.717) is 0 Å². The lowest BCUT2D eigenvalue weighted by Gasteiger charge is -2.21. The average Bonchev–Trinajstić information content (AvgIpc) is 2.64. The van der Waals surface area contributed by atoms with E-state index in [-0.39, 0.29) is 24.0 Å². The van der Waals surface area contributed by atoms with Crippen LogP contribution in [0.4, 0.5) is 4.79 Å². The van der Waals surface area contributed by atoms with E-state index in [1.54, 1.807) is 4.90 Å². The molecule has 0 atom stereocenters. The highest BCUT2D eigenvalue weighted by Crippen LogP contribution is 2.06. The Hall–Kier alpha value is -1.26. The largest absolute Gasteiger partial charge is 0.341 e. The average molecular weight is 227 g/mol. The molecule has 2 N–H and O–H groups in total. The van der Waals surface area contributed by atoms with Gasteiger partial charge in [0, 0.05) is 18.6 Å². The third-order valence-electron chi connectivity index (χ3n) is 2.35. The van der Waals surface area contributed by atoms with Crippen molar-refractivity contribution in [1.82, 2.24) is 15.5 Å². The van der Waals surface area contributed by atoms with Crippen molar-refractivity contribution in [1.29, 1.82) is 0 Å². The summed E-state index contributed by atoms with van der Waals surface area (Å²) in [6, 6.07) is -0.292. The summed E-state index contributed by atoms with van der Waals surface area (Å²) < 4.78 is 0. The Balaban J connectivity index is 2.23. The van der Waals surface area contributed by atoms with Crippen molar-refractivity contribution in [3.8, 4) is 0 Å². The fourth-order valence-corrected chi connectivity index (χ4v) is 1.62. The zero-order chi connectivity index (χ0) is 12.2. The summed E-state index contributed by atoms with van der Waals surface area (Å²) in [5, 5.41) is 5.32. The van der Waals surface area contributed by atoms with Crippen LogP contribution in [-0.4, -0.2) is 42.0 Å². The zero-order valence-corrected chi connectivity index (χ0v) is 10.3. The Kier molecular flexibility index (Phi) is 4.15. The summed E-state index contributed by atoms with van der Waals surface area (Å²) in [5.74, 6) is 0.00144. The molecule has 1 heterocycles. The Morgan fingerprint density at radius 1 is 1.19 bits per heavy atom. The maximum Gasteiger partial charge on any atom is 0.315 e. The highest BCUT2D eigenvalue weighted by atomic mass is 16.2. The normalized spacial score (nSPS) is 16.1. The number of rotatable bonds is 2. The number of hydrogen-bond donors (Lipinski definition) is 2. The van der Waals surface area contributed by atoms with Crippen LogP contribution >= 0.6 is 0 Å². The van der Waals surface area contributed by atoms with Gasteiger partial charge in [-0.3, -0.25) is 4.79 Å². The zero-order valence-electron chi connectivity index (χ0n) is 10.3. The van der Waals surface area contributed by atoms with Gasteiger partial charge in [0.15, 0.2) is 0 Å². The molecule has 1 saturated heterocycles. The molecule has 0 bridgehead atoms. The van der Waals surface area contributed by atoms with Crippen LogP contribution in [0.25, 0.3) is 0 Å². The SMILES string of the molecule is CC(C)(C)NC(=O)NCC(=O)N1CCCC1. The van der Waals surface area contributed by atoms with Gasteiger partial charge in [-0.25, -0.2) is 4.79 Å². The third kappa shape index (κ3) is 4.51. The summed E-state index contributed by atoms with van der Waals surface area (Å²) in [5.41, 5.74) is -0.277. The number of likely N-dealkylation sites (tertiary alicyclic amines) is 1. The first-order valence-electron chi connectivity index (χ1n) is 5.72. The van der Waals surface area contributed by atoms with Crippen LogP contribution in [0.15, 0.2) is 0 Å². The minimum atomic E-state index is -0.292. The molecule has 1 fully saturated rings. The molecule has 92 valence electrons. The monoisotopic (exact) mass is 227 g/mol. The summed E-state index contributed by atoms with van der Waals surface area (Å²) >= 11 is 0. The molecule has 0 aromatic rings. The smallest absolute Gasteiger partial charge is 0.315 e. The van der Waals surface area contributed by atoms with Crippen molar-refractivity contribution in [2.75, 3.05) is 19.6 Å². The number of nitrogens with zero attached hydrogens (tertiary/aromatic N) is 1. The van der Waals surface area contributed by atoms with E-state index >= 15 is 0 Å². The predicted molar refractivity (Wildman–Crippen MR) is 62.1 cm³/mol. The fraction of sp³-hybridized carbons (Fsp3) is 0.818. The van der Waals surface area contributed by atoms with Crippen molar-refractivity contribution in [2.45, 2.75) is 39.2 Å². The van der Waals surface area contributed by atoms with Crippen molar-refractivity contribution in [3.05, 3.63) is 0 Å². The molecular formula is C11H21N3O2. The van der Waals surface area contributed by atoms with Crippen LogP contribution in [0.2, 0.25) is 0 Å². The molecule has 3 amide bonds. The Labute approximate surface area is 96.6 Å². The van der Waals surface area contributed by atoms with Crippen molar-refractivity contribution >= 4 is 11.9 Å². The van der Waals surface area contributed by atoms with Crippen molar-refractivity contribution in [3.63, 3.8) is 0 Å². The predicted octanol–water partition coefficient (Wildman–Crippen LogP) is 0.706. The van der Waals surface area contributed by atoms with Crippen LogP contribution in [-0.2, 0) is 4.79 Å². The summed E-state index contributed by atoms with van der Waals surface area (Å²) in [7, 11) is 0. The fourth-order valence-electron chi connectivity index (χ4n) is 1.62. The van der Waals surface area contributed by atoms with Crippen LogP contribution in [0, 0.1) is 0 Å². The molecule has 0 radical (unpaired) electrons. The van der Waals surface area contributed by atoms with Gasteiger partial charge >= 0.3 is 6.03 Å². The molecule has 0 aliphatic carbocycles. The Bertz CT molecular complexity index is 265. The Morgan fingerprint density at radius 3 is 2.25 bits per heavy atom. The van der Waals surface area contributed by atoms with Gasteiger partial charge in [0.2, 0.25) is 5.91 Å². The quantitative estimate of drug-likeness (QED) is 0.729.